The van der Waals surface area contributed by atoms with Crippen molar-refractivity contribution < 1.29 is 9.32 Å². The highest BCUT2D eigenvalue weighted by molar-refractivity contribution is 6.30. The number of aryl methyl sites for hydroxylation is 1. The van der Waals surface area contributed by atoms with Gasteiger partial charge in [0.15, 0.2) is 0 Å². The monoisotopic (exact) mass is 360 g/mol. The summed E-state index contributed by atoms with van der Waals surface area (Å²) in [6.45, 7) is 0. The molecule has 2 N–H and O–H groups in total. The van der Waals surface area contributed by atoms with Gasteiger partial charge in [0, 0.05) is 41.6 Å². The Labute approximate surface area is 151 Å². The molecular formula is C18H21ClN4O2. The Bertz CT molecular complexity index is 734. The molecule has 25 heavy (non-hydrogen) atoms. The lowest BCUT2D eigenvalue weighted by Crippen LogP contribution is -2.48. The Morgan fingerprint density at radius 3 is 2.68 bits per heavy atom. The number of rotatable bonds is 5. The van der Waals surface area contributed by atoms with E-state index in [1.165, 1.54) is 12.8 Å². The summed E-state index contributed by atoms with van der Waals surface area (Å²) in [5.74, 6) is 1.05. The third kappa shape index (κ3) is 4.02. The van der Waals surface area contributed by atoms with Gasteiger partial charge in [0.25, 0.3) is 0 Å². The van der Waals surface area contributed by atoms with E-state index >= 15 is 0 Å². The molecule has 0 spiro atoms. The maximum atomic E-state index is 12.2. The topological polar surface area (TPSA) is 80.0 Å². The minimum Gasteiger partial charge on any atom is -0.353 e. The van der Waals surface area contributed by atoms with Gasteiger partial charge in [-0.3, -0.25) is 4.79 Å². The zero-order valence-corrected chi connectivity index (χ0v) is 14.6. The van der Waals surface area contributed by atoms with Gasteiger partial charge in [-0.1, -0.05) is 16.8 Å². The second-order valence-corrected chi connectivity index (χ2v) is 7.33. The van der Waals surface area contributed by atoms with Gasteiger partial charge in [0.2, 0.25) is 17.6 Å². The van der Waals surface area contributed by atoms with E-state index in [-0.39, 0.29) is 5.91 Å². The van der Waals surface area contributed by atoms with Crippen LogP contribution in [-0.2, 0) is 11.2 Å². The molecule has 3 heterocycles. The SMILES string of the molecule is O=C(CCc1nc(-c2ccc(Cl)cc2)no1)NC1CC2CCC(C1)N2. The molecule has 2 saturated heterocycles. The lowest BCUT2D eigenvalue weighted by Gasteiger charge is -2.29. The van der Waals surface area contributed by atoms with Gasteiger partial charge in [-0.25, -0.2) is 0 Å². The summed E-state index contributed by atoms with van der Waals surface area (Å²) in [5, 5.41) is 11.4. The molecule has 1 aromatic heterocycles. The predicted octanol–water partition coefficient (Wildman–Crippen LogP) is 2.72. The lowest BCUT2D eigenvalue weighted by molar-refractivity contribution is -0.122. The Morgan fingerprint density at radius 2 is 1.96 bits per heavy atom. The molecule has 2 aliphatic rings. The third-order valence-electron chi connectivity index (χ3n) is 4.97. The van der Waals surface area contributed by atoms with Gasteiger partial charge >= 0.3 is 0 Å². The van der Waals surface area contributed by atoms with Crippen molar-refractivity contribution in [1.82, 2.24) is 20.8 Å². The van der Waals surface area contributed by atoms with Gasteiger partial charge in [-0.15, -0.1) is 0 Å². The molecule has 132 valence electrons. The average Bonchev–Trinajstić information content (AvgIpc) is 3.20. The van der Waals surface area contributed by atoms with Gasteiger partial charge in [-0.2, -0.15) is 4.98 Å². The van der Waals surface area contributed by atoms with E-state index in [2.05, 4.69) is 20.8 Å². The van der Waals surface area contributed by atoms with Crippen molar-refractivity contribution in [2.75, 3.05) is 0 Å². The van der Waals surface area contributed by atoms with Crippen molar-refractivity contribution in [3.8, 4) is 11.4 Å². The van der Waals surface area contributed by atoms with Crippen molar-refractivity contribution in [3.05, 3.63) is 35.2 Å². The Hall–Kier alpha value is -1.92. The molecule has 7 heteroatoms. The number of nitrogens with one attached hydrogen (secondary N) is 2. The Morgan fingerprint density at radius 1 is 1.24 bits per heavy atom. The molecule has 2 atom stereocenters. The van der Waals surface area contributed by atoms with Gasteiger partial charge in [-0.05, 0) is 49.9 Å². The fourth-order valence-corrected chi connectivity index (χ4v) is 3.89. The van der Waals surface area contributed by atoms with Crippen LogP contribution in [0.5, 0.6) is 0 Å². The molecule has 0 aliphatic carbocycles. The molecule has 6 nitrogen and oxygen atoms in total. The van der Waals surface area contributed by atoms with E-state index in [0.717, 1.165) is 18.4 Å². The molecule has 1 aromatic carbocycles. The van der Waals surface area contributed by atoms with Gasteiger partial charge in [0.05, 0.1) is 0 Å². The van der Waals surface area contributed by atoms with Crippen LogP contribution in [0, 0.1) is 0 Å². The number of hydrogen-bond acceptors (Lipinski definition) is 5. The largest absolute Gasteiger partial charge is 0.353 e. The smallest absolute Gasteiger partial charge is 0.227 e. The zero-order valence-electron chi connectivity index (χ0n) is 13.9. The minimum atomic E-state index is 0.0533. The molecule has 2 aliphatic heterocycles. The number of fused-ring (bicyclic) bond motifs is 2. The van der Waals surface area contributed by atoms with Crippen LogP contribution < -0.4 is 10.6 Å². The first-order chi connectivity index (χ1) is 12.2. The number of aromatic nitrogens is 2. The standard InChI is InChI=1S/C18H21ClN4O2/c19-12-3-1-11(2-4-12)18-22-17(25-23-18)8-7-16(24)21-15-9-13-5-6-14(10-15)20-13/h1-4,13-15,20H,5-10H2,(H,21,24). The van der Waals surface area contributed by atoms with Gasteiger partial charge < -0.3 is 15.2 Å². The van der Waals surface area contributed by atoms with Crippen LogP contribution in [0.15, 0.2) is 28.8 Å². The van der Waals surface area contributed by atoms with E-state index in [4.69, 9.17) is 16.1 Å². The average molecular weight is 361 g/mol. The quantitative estimate of drug-likeness (QED) is 0.857. The number of halogens is 1. The van der Waals surface area contributed by atoms with Crippen LogP contribution in [0.3, 0.4) is 0 Å². The summed E-state index contributed by atoms with van der Waals surface area (Å²) < 4.78 is 5.25. The predicted molar refractivity (Wildman–Crippen MR) is 94.2 cm³/mol. The van der Waals surface area contributed by atoms with Crippen LogP contribution in [0.2, 0.25) is 5.02 Å². The van der Waals surface area contributed by atoms with Crippen LogP contribution >= 0.6 is 11.6 Å². The molecular weight excluding hydrogens is 340 g/mol. The van der Waals surface area contributed by atoms with E-state index in [1.807, 2.05) is 12.1 Å². The number of nitrogens with zero attached hydrogens (tertiary/aromatic N) is 2. The lowest BCUT2D eigenvalue weighted by atomic mass is 9.99. The maximum absolute atomic E-state index is 12.2. The highest BCUT2D eigenvalue weighted by Crippen LogP contribution is 2.26. The number of hydrogen-bond donors (Lipinski definition) is 2. The Kier molecular flexibility index (Phi) is 4.72. The first-order valence-corrected chi connectivity index (χ1v) is 9.17. The van der Waals surface area contributed by atoms with Gasteiger partial charge in [0.1, 0.15) is 0 Å². The fourth-order valence-electron chi connectivity index (χ4n) is 3.77. The first kappa shape index (κ1) is 16.5. The number of piperidine rings is 1. The number of amides is 1. The molecule has 0 saturated carbocycles. The summed E-state index contributed by atoms with van der Waals surface area (Å²) in [7, 11) is 0. The number of benzene rings is 1. The summed E-state index contributed by atoms with van der Waals surface area (Å²) in [6.07, 6.45) is 5.33. The van der Waals surface area contributed by atoms with Crippen molar-refractivity contribution in [2.45, 2.75) is 56.7 Å². The van der Waals surface area contributed by atoms with Crippen LogP contribution in [0.4, 0.5) is 0 Å². The van der Waals surface area contributed by atoms with Crippen LogP contribution in [0.1, 0.15) is 38.0 Å². The molecule has 2 fully saturated rings. The zero-order chi connectivity index (χ0) is 17.2. The van der Waals surface area contributed by atoms with Crippen molar-refractivity contribution in [1.29, 1.82) is 0 Å². The molecule has 2 bridgehead atoms. The van der Waals surface area contributed by atoms with Crippen molar-refractivity contribution in [2.24, 2.45) is 0 Å². The summed E-state index contributed by atoms with van der Waals surface area (Å²) in [5.41, 5.74) is 0.842. The number of carbonyl (C=O) groups is 1. The van der Waals surface area contributed by atoms with E-state index in [0.29, 0.717) is 47.7 Å². The highest BCUT2D eigenvalue weighted by Gasteiger charge is 2.33. The van der Waals surface area contributed by atoms with E-state index in [9.17, 15) is 4.79 Å². The summed E-state index contributed by atoms with van der Waals surface area (Å²) in [6, 6.07) is 8.69. The second-order valence-electron chi connectivity index (χ2n) is 6.89. The summed E-state index contributed by atoms with van der Waals surface area (Å²) >= 11 is 5.88. The third-order valence-corrected chi connectivity index (χ3v) is 5.23. The van der Waals surface area contributed by atoms with Crippen LogP contribution in [0.25, 0.3) is 11.4 Å². The second kappa shape index (κ2) is 7.14. The molecule has 0 radical (unpaired) electrons. The van der Waals surface area contributed by atoms with E-state index in [1.54, 1.807) is 12.1 Å². The van der Waals surface area contributed by atoms with Crippen molar-refractivity contribution >= 4 is 17.5 Å². The Balaban J connectivity index is 1.28. The fraction of sp³-hybridized carbons (Fsp3) is 0.500. The summed E-state index contributed by atoms with van der Waals surface area (Å²) in [4.78, 5) is 16.5. The minimum absolute atomic E-state index is 0.0533. The van der Waals surface area contributed by atoms with Crippen LogP contribution in [-0.4, -0.2) is 34.2 Å². The molecule has 2 unspecified atom stereocenters. The number of carbonyl (C=O) groups excluding carboxylic acids is 1. The molecule has 4 rings (SSSR count). The molecule has 1 amide bonds. The normalized spacial score (nSPS) is 25.1. The highest BCUT2D eigenvalue weighted by atomic mass is 35.5. The molecule has 2 aromatic rings. The van der Waals surface area contributed by atoms with Crippen molar-refractivity contribution in [3.63, 3.8) is 0 Å². The maximum Gasteiger partial charge on any atom is 0.227 e. The first-order valence-electron chi connectivity index (χ1n) is 8.79. The van der Waals surface area contributed by atoms with E-state index < -0.39 is 0 Å².